The van der Waals surface area contributed by atoms with Crippen LogP contribution < -0.4 is 5.73 Å². The lowest BCUT2D eigenvalue weighted by Gasteiger charge is -2.35. The number of piperidine rings is 1. The zero-order chi connectivity index (χ0) is 15.5. The van der Waals surface area contributed by atoms with Crippen molar-refractivity contribution in [1.82, 2.24) is 4.31 Å². The van der Waals surface area contributed by atoms with Gasteiger partial charge in [-0.3, -0.25) is 0 Å². The third-order valence-corrected chi connectivity index (χ3v) is 6.30. The van der Waals surface area contributed by atoms with E-state index in [1.165, 1.54) is 0 Å². The van der Waals surface area contributed by atoms with Crippen molar-refractivity contribution < 1.29 is 8.42 Å². The van der Waals surface area contributed by atoms with Gasteiger partial charge < -0.3 is 5.73 Å². The van der Waals surface area contributed by atoms with Crippen LogP contribution in [0.1, 0.15) is 38.7 Å². The SMILES string of the molecule is CC1CCN(S(=O)(=O)c2ccc(CCCN)cc2)C(C)C1. The summed E-state index contributed by atoms with van der Waals surface area (Å²) in [6, 6.07) is 7.34. The molecule has 2 rings (SSSR count). The van der Waals surface area contributed by atoms with Gasteiger partial charge in [0.1, 0.15) is 0 Å². The van der Waals surface area contributed by atoms with Crippen LogP contribution in [0.3, 0.4) is 0 Å². The molecule has 1 heterocycles. The van der Waals surface area contributed by atoms with Gasteiger partial charge in [0.2, 0.25) is 10.0 Å². The molecule has 4 nitrogen and oxygen atoms in total. The average Bonchev–Trinajstić information content (AvgIpc) is 2.45. The fourth-order valence-corrected chi connectivity index (χ4v) is 4.67. The highest BCUT2D eigenvalue weighted by Crippen LogP contribution is 2.28. The van der Waals surface area contributed by atoms with Crippen LogP contribution in [0, 0.1) is 5.92 Å². The van der Waals surface area contributed by atoms with E-state index in [1.807, 2.05) is 19.1 Å². The van der Waals surface area contributed by atoms with Crippen LogP contribution in [0.2, 0.25) is 0 Å². The lowest BCUT2D eigenvalue weighted by atomic mass is 9.95. The molecule has 0 bridgehead atoms. The molecule has 0 aliphatic carbocycles. The number of sulfonamides is 1. The molecule has 1 fully saturated rings. The average molecular weight is 310 g/mol. The van der Waals surface area contributed by atoms with E-state index < -0.39 is 10.0 Å². The second-order valence-electron chi connectivity index (χ2n) is 6.13. The maximum absolute atomic E-state index is 12.7. The Bertz CT molecular complexity index is 554. The molecule has 0 saturated carbocycles. The third kappa shape index (κ3) is 3.84. The Morgan fingerprint density at radius 1 is 1.24 bits per heavy atom. The van der Waals surface area contributed by atoms with E-state index in [-0.39, 0.29) is 6.04 Å². The van der Waals surface area contributed by atoms with E-state index in [4.69, 9.17) is 5.73 Å². The molecule has 1 aromatic rings. The van der Waals surface area contributed by atoms with Crippen LogP contribution in [-0.4, -0.2) is 31.9 Å². The molecule has 2 atom stereocenters. The summed E-state index contributed by atoms with van der Waals surface area (Å²) >= 11 is 0. The van der Waals surface area contributed by atoms with Crippen molar-refractivity contribution >= 4 is 10.0 Å². The first-order chi connectivity index (χ1) is 9.95. The van der Waals surface area contributed by atoms with Gasteiger partial charge in [0, 0.05) is 12.6 Å². The Kier molecular flexibility index (Phi) is 5.41. The summed E-state index contributed by atoms with van der Waals surface area (Å²) in [6.07, 6.45) is 3.70. The molecule has 2 N–H and O–H groups in total. The van der Waals surface area contributed by atoms with Crippen LogP contribution >= 0.6 is 0 Å². The van der Waals surface area contributed by atoms with Gasteiger partial charge in [0.05, 0.1) is 4.90 Å². The first kappa shape index (κ1) is 16.5. The third-order valence-electron chi connectivity index (χ3n) is 4.28. The van der Waals surface area contributed by atoms with Gasteiger partial charge >= 0.3 is 0 Å². The van der Waals surface area contributed by atoms with Crippen molar-refractivity contribution in [2.24, 2.45) is 11.7 Å². The standard InChI is InChI=1S/C16H26N2O2S/c1-13-9-11-18(14(2)12-13)21(19,20)16-7-5-15(6-8-16)4-3-10-17/h5-8,13-14H,3-4,9-12,17H2,1-2H3. The van der Waals surface area contributed by atoms with Crippen LogP contribution in [0.15, 0.2) is 29.2 Å². The maximum atomic E-state index is 12.7. The summed E-state index contributed by atoms with van der Waals surface area (Å²) in [5.74, 6) is 0.602. The van der Waals surface area contributed by atoms with Crippen LogP contribution in [-0.2, 0) is 16.4 Å². The molecule has 118 valence electrons. The molecule has 0 amide bonds. The van der Waals surface area contributed by atoms with E-state index in [0.717, 1.165) is 31.2 Å². The van der Waals surface area contributed by atoms with Gasteiger partial charge in [-0.05, 0) is 62.8 Å². The van der Waals surface area contributed by atoms with E-state index in [2.05, 4.69) is 6.92 Å². The number of nitrogens with zero attached hydrogens (tertiary/aromatic N) is 1. The number of hydrogen-bond donors (Lipinski definition) is 1. The molecule has 1 saturated heterocycles. The van der Waals surface area contributed by atoms with Crippen LogP contribution in [0.4, 0.5) is 0 Å². The molecule has 21 heavy (non-hydrogen) atoms. The lowest BCUT2D eigenvalue weighted by molar-refractivity contribution is 0.220. The smallest absolute Gasteiger partial charge is 0.243 e. The minimum atomic E-state index is -3.36. The van der Waals surface area contributed by atoms with Crippen molar-refractivity contribution in [3.05, 3.63) is 29.8 Å². The van der Waals surface area contributed by atoms with Crippen molar-refractivity contribution in [1.29, 1.82) is 0 Å². The zero-order valence-electron chi connectivity index (χ0n) is 13.0. The normalized spacial score (nSPS) is 24.1. The largest absolute Gasteiger partial charge is 0.330 e. The number of benzene rings is 1. The maximum Gasteiger partial charge on any atom is 0.243 e. The Morgan fingerprint density at radius 3 is 2.48 bits per heavy atom. The fraction of sp³-hybridized carbons (Fsp3) is 0.625. The minimum absolute atomic E-state index is 0.0793. The quantitative estimate of drug-likeness (QED) is 0.908. The molecular formula is C16H26N2O2S. The monoisotopic (exact) mass is 310 g/mol. The minimum Gasteiger partial charge on any atom is -0.330 e. The Balaban J connectivity index is 2.15. The summed E-state index contributed by atoms with van der Waals surface area (Å²) in [7, 11) is -3.36. The first-order valence-electron chi connectivity index (χ1n) is 7.76. The Morgan fingerprint density at radius 2 is 1.90 bits per heavy atom. The van der Waals surface area contributed by atoms with Crippen molar-refractivity contribution in [2.75, 3.05) is 13.1 Å². The molecule has 0 spiro atoms. The van der Waals surface area contributed by atoms with Gasteiger partial charge in [-0.2, -0.15) is 4.31 Å². The van der Waals surface area contributed by atoms with E-state index in [9.17, 15) is 8.42 Å². The molecule has 1 aromatic carbocycles. The Hall–Kier alpha value is -0.910. The lowest BCUT2D eigenvalue weighted by Crippen LogP contribution is -2.44. The zero-order valence-corrected chi connectivity index (χ0v) is 13.8. The van der Waals surface area contributed by atoms with Gasteiger partial charge in [-0.15, -0.1) is 0 Å². The highest BCUT2D eigenvalue weighted by atomic mass is 32.2. The van der Waals surface area contributed by atoms with E-state index in [1.54, 1.807) is 16.4 Å². The van der Waals surface area contributed by atoms with Gasteiger partial charge in [0.15, 0.2) is 0 Å². The summed E-state index contributed by atoms with van der Waals surface area (Å²) in [5.41, 5.74) is 6.64. The predicted molar refractivity (Wildman–Crippen MR) is 85.6 cm³/mol. The second-order valence-corrected chi connectivity index (χ2v) is 8.02. The van der Waals surface area contributed by atoms with Crippen molar-refractivity contribution in [2.45, 2.75) is 50.5 Å². The summed E-state index contributed by atoms with van der Waals surface area (Å²) in [5, 5.41) is 0. The summed E-state index contributed by atoms with van der Waals surface area (Å²) < 4.78 is 27.1. The van der Waals surface area contributed by atoms with Crippen molar-refractivity contribution in [3.63, 3.8) is 0 Å². The highest BCUT2D eigenvalue weighted by molar-refractivity contribution is 7.89. The Labute approximate surface area is 128 Å². The highest BCUT2D eigenvalue weighted by Gasteiger charge is 2.32. The van der Waals surface area contributed by atoms with Gasteiger partial charge in [0.25, 0.3) is 0 Å². The second kappa shape index (κ2) is 6.90. The molecule has 2 unspecified atom stereocenters. The summed E-state index contributed by atoms with van der Waals surface area (Å²) in [4.78, 5) is 0.403. The molecule has 0 radical (unpaired) electrons. The molecule has 1 aliphatic heterocycles. The van der Waals surface area contributed by atoms with E-state index in [0.29, 0.717) is 23.9 Å². The van der Waals surface area contributed by atoms with Crippen LogP contribution in [0.25, 0.3) is 0 Å². The van der Waals surface area contributed by atoms with Gasteiger partial charge in [-0.25, -0.2) is 8.42 Å². The summed E-state index contributed by atoms with van der Waals surface area (Å²) in [6.45, 7) is 5.47. The topological polar surface area (TPSA) is 63.4 Å². The molecular weight excluding hydrogens is 284 g/mol. The molecule has 5 heteroatoms. The van der Waals surface area contributed by atoms with E-state index >= 15 is 0 Å². The number of nitrogens with two attached hydrogens (primary N) is 1. The molecule has 1 aliphatic rings. The van der Waals surface area contributed by atoms with Crippen LogP contribution in [0.5, 0.6) is 0 Å². The molecule has 0 aromatic heterocycles. The first-order valence-corrected chi connectivity index (χ1v) is 9.20. The number of hydrogen-bond acceptors (Lipinski definition) is 3. The fourth-order valence-electron chi connectivity index (χ4n) is 3.01. The predicted octanol–water partition coefficient (Wildman–Crippen LogP) is 2.39. The van der Waals surface area contributed by atoms with Crippen molar-refractivity contribution in [3.8, 4) is 0 Å². The van der Waals surface area contributed by atoms with Gasteiger partial charge in [-0.1, -0.05) is 19.1 Å². The number of rotatable bonds is 5. The number of aryl methyl sites for hydroxylation is 1.